The van der Waals surface area contributed by atoms with Crippen LogP contribution in [0.25, 0.3) is 0 Å². The van der Waals surface area contributed by atoms with Gasteiger partial charge in [-0.1, -0.05) is 5.21 Å². The Kier molecular flexibility index (Phi) is 1.81. The lowest BCUT2D eigenvalue weighted by Crippen LogP contribution is -2.17. The second kappa shape index (κ2) is 2.78. The molecule has 1 aromatic heterocycles. The van der Waals surface area contributed by atoms with Gasteiger partial charge in [-0.25, -0.2) is 4.79 Å². The molecule has 2 rings (SSSR count). The summed E-state index contributed by atoms with van der Waals surface area (Å²) in [6.07, 6.45) is 1.17. The zero-order chi connectivity index (χ0) is 10.3. The van der Waals surface area contributed by atoms with Crippen molar-refractivity contribution in [3.05, 3.63) is 11.9 Å². The van der Waals surface area contributed by atoms with E-state index >= 15 is 0 Å². The number of esters is 1. The van der Waals surface area contributed by atoms with Crippen molar-refractivity contribution in [2.75, 3.05) is 7.11 Å². The average molecular weight is 197 g/mol. The number of aryl methyl sites for hydroxylation is 1. The lowest BCUT2D eigenvalue weighted by atomic mass is 10.1. The Morgan fingerprint density at radius 1 is 1.79 bits per heavy atom. The molecule has 0 amide bonds. The van der Waals surface area contributed by atoms with E-state index in [1.54, 1.807) is 24.9 Å². The molecule has 0 aliphatic carbocycles. The highest BCUT2D eigenvalue weighted by Gasteiger charge is 2.61. The highest BCUT2D eigenvalue weighted by atomic mass is 16.7. The van der Waals surface area contributed by atoms with Crippen molar-refractivity contribution in [2.24, 2.45) is 7.05 Å². The fraction of sp³-hybridized carbons (Fsp3) is 0.625. The van der Waals surface area contributed by atoms with Gasteiger partial charge >= 0.3 is 5.97 Å². The Balaban J connectivity index is 2.18. The van der Waals surface area contributed by atoms with E-state index in [-0.39, 0.29) is 5.97 Å². The maximum absolute atomic E-state index is 11.2. The zero-order valence-corrected chi connectivity index (χ0v) is 8.22. The Bertz CT molecular complexity index is 376. The van der Waals surface area contributed by atoms with Crippen LogP contribution in [0, 0.1) is 0 Å². The summed E-state index contributed by atoms with van der Waals surface area (Å²) in [5.74, 6) is -0.377. The van der Waals surface area contributed by atoms with Gasteiger partial charge < -0.3 is 9.47 Å². The molecule has 14 heavy (non-hydrogen) atoms. The molecule has 0 saturated carbocycles. The summed E-state index contributed by atoms with van der Waals surface area (Å²) in [6, 6.07) is 0. The average Bonchev–Trinajstić information content (AvgIpc) is 2.65. The molecule has 1 aliphatic rings. The second-order valence-electron chi connectivity index (χ2n) is 3.41. The Morgan fingerprint density at radius 2 is 2.50 bits per heavy atom. The Hall–Kier alpha value is -1.43. The molecule has 1 aliphatic heterocycles. The van der Waals surface area contributed by atoms with E-state index in [0.717, 1.165) is 0 Å². The summed E-state index contributed by atoms with van der Waals surface area (Å²) in [4.78, 5) is 11.2. The number of ether oxygens (including phenoxy) is 2. The number of carbonyl (C=O) groups excluding carboxylic acids is 1. The van der Waals surface area contributed by atoms with E-state index in [0.29, 0.717) is 5.69 Å². The molecule has 0 radical (unpaired) electrons. The summed E-state index contributed by atoms with van der Waals surface area (Å²) in [5.41, 5.74) is -0.0168. The molecule has 2 atom stereocenters. The van der Waals surface area contributed by atoms with Gasteiger partial charge in [0.05, 0.1) is 13.3 Å². The largest absolute Gasteiger partial charge is 0.467 e. The first-order valence-electron chi connectivity index (χ1n) is 4.20. The van der Waals surface area contributed by atoms with Crippen molar-refractivity contribution < 1.29 is 14.3 Å². The number of nitrogens with zero attached hydrogens (tertiary/aromatic N) is 3. The zero-order valence-electron chi connectivity index (χ0n) is 8.22. The lowest BCUT2D eigenvalue weighted by Gasteiger charge is -1.98. The first-order valence-corrected chi connectivity index (χ1v) is 4.20. The maximum Gasteiger partial charge on any atom is 0.338 e. The summed E-state index contributed by atoms with van der Waals surface area (Å²) in [6.45, 7) is 1.79. The molecule has 0 spiro atoms. The van der Waals surface area contributed by atoms with Crippen LogP contribution in [0.3, 0.4) is 0 Å². The van der Waals surface area contributed by atoms with E-state index < -0.39 is 11.7 Å². The topological polar surface area (TPSA) is 69.5 Å². The van der Waals surface area contributed by atoms with Gasteiger partial charge in [0.2, 0.25) is 0 Å². The van der Waals surface area contributed by atoms with Gasteiger partial charge in [0.25, 0.3) is 0 Å². The van der Waals surface area contributed by atoms with Crippen molar-refractivity contribution in [3.8, 4) is 0 Å². The molecular formula is C8H11N3O3. The number of methoxy groups -OCH3 is 1. The van der Waals surface area contributed by atoms with Crippen LogP contribution in [-0.4, -0.2) is 34.2 Å². The molecule has 0 aromatic carbocycles. The SMILES string of the molecule is COC(=O)C1OC1(C)c1cn(C)nn1. The first kappa shape index (κ1) is 9.14. The van der Waals surface area contributed by atoms with Crippen LogP contribution in [0.15, 0.2) is 6.20 Å². The molecule has 0 N–H and O–H groups in total. The molecule has 6 heteroatoms. The van der Waals surface area contributed by atoms with Crippen LogP contribution in [0.5, 0.6) is 0 Å². The van der Waals surface area contributed by atoms with E-state index in [9.17, 15) is 4.79 Å². The number of carbonyl (C=O) groups is 1. The van der Waals surface area contributed by atoms with Crippen LogP contribution in [0.4, 0.5) is 0 Å². The molecule has 2 unspecified atom stereocenters. The summed E-state index contributed by atoms with van der Waals surface area (Å²) >= 11 is 0. The minimum atomic E-state index is -0.665. The van der Waals surface area contributed by atoms with Gasteiger partial charge in [-0.2, -0.15) is 0 Å². The Morgan fingerprint density at radius 3 is 3.00 bits per heavy atom. The number of aromatic nitrogens is 3. The number of hydrogen-bond donors (Lipinski definition) is 0. The number of hydrogen-bond acceptors (Lipinski definition) is 5. The molecule has 6 nitrogen and oxygen atoms in total. The van der Waals surface area contributed by atoms with Crippen molar-refractivity contribution in [2.45, 2.75) is 18.6 Å². The van der Waals surface area contributed by atoms with Gasteiger partial charge in [-0.05, 0) is 6.92 Å². The monoisotopic (exact) mass is 197 g/mol. The minimum absolute atomic E-state index is 0.377. The minimum Gasteiger partial charge on any atom is -0.467 e. The van der Waals surface area contributed by atoms with Crippen molar-refractivity contribution in [1.29, 1.82) is 0 Å². The summed E-state index contributed by atoms with van der Waals surface area (Å²) in [7, 11) is 3.09. The van der Waals surface area contributed by atoms with Crippen LogP contribution in [0.1, 0.15) is 12.6 Å². The van der Waals surface area contributed by atoms with Gasteiger partial charge in [0.1, 0.15) is 11.3 Å². The fourth-order valence-electron chi connectivity index (χ4n) is 1.36. The van der Waals surface area contributed by atoms with Crippen molar-refractivity contribution in [3.63, 3.8) is 0 Å². The van der Waals surface area contributed by atoms with Gasteiger partial charge in [0, 0.05) is 7.05 Å². The fourth-order valence-corrected chi connectivity index (χ4v) is 1.36. The highest BCUT2D eigenvalue weighted by Crippen LogP contribution is 2.45. The van der Waals surface area contributed by atoms with Gasteiger partial charge in [-0.15, -0.1) is 5.10 Å². The van der Waals surface area contributed by atoms with Crippen LogP contribution >= 0.6 is 0 Å². The second-order valence-corrected chi connectivity index (χ2v) is 3.41. The van der Waals surface area contributed by atoms with E-state index in [4.69, 9.17) is 4.74 Å². The van der Waals surface area contributed by atoms with Gasteiger partial charge in [-0.3, -0.25) is 4.68 Å². The standard InChI is InChI=1S/C8H11N3O3/c1-8(5-4-11(2)10-9-5)6(14-8)7(12)13-3/h4,6H,1-3H3. The smallest absolute Gasteiger partial charge is 0.338 e. The quantitative estimate of drug-likeness (QED) is 0.476. The molecule has 2 heterocycles. The third-order valence-corrected chi connectivity index (χ3v) is 2.33. The molecule has 76 valence electrons. The lowest BCUT2D eigenvalue weighted by molar-refractivity contribution is -0.142. The van der Waals surface area contributed by atoms with Crippen LogP contribution < -0.4 is 0 Å². The predicted octanol–water partition coefficient (Wildman–Crippen LogP) is -0.398. The van der Waals surface area contributed by atoms with Crippen molar-refractivity contribution in [1.82, 2.24) is 15.0 Å². The van der Waals surface area contributed by atoms with Crippen LogP contribution in [-0.2, 0) is 26.9 Å². The van der Waals surface area contributed by atoms with E-state index in [1.807, 2.05) is 0 Å². The molecule has 1 fully saturated rings. The number of rotatable bonds is 2. The summed E-state index contributed by atoms with van der Waals surface area (Å²) in [5, 5.41) is 7.67. The van der Waals surface area contributed by atoms with Crippen molar-refractivity contribution >= 4 is 5.97 Å². The summed E-state index contributed by atoms with van der Waals surface area (Å²) < 4.78 is 11.4. The normalized spacial score (nSPS) is 30.1. The molecular weight excluding hydrogens is 186 g/mol. The highest BCUT2D eigenvalue weighted by molar-refractivity contribution is 5.79. The first-order chi connectivity index (χ1) is 6.58. The number of epoxide rings is 1. The van der Waals surface area contributed by atoms with E-state index in [1.165, 1.54) is 7.11 Å². The molecule has 0 bridgehead atoms. The van der Waals surface area contributed by atoms with Gasteiger partial charge in [0.15, 0.2) is 6.10 Å². The van der Waals surface area contributed by atoms with Crippen LogP contribution in [0.2, 0.25) is 0 Å². The van der Waals surface area contributed by atoms with E-state index in [2.05, 4.69) is 15.0 Å². The molecule has 1 aromatic rings. The Labute approximate surface area is 80.8 Å². The third-order valence-electron chi connectivity index (χ3n) is 2.33. The maximum atomic E-state index is 11.2. The third kappa shape index (κ3) is 1.19. The molecule has 1 saturated heterocycles. The predicted molar refractivity (Wildman–Crippen MR) is 45.2 cm³/mol.